The fraction of sp³-hybridized carbons (Fsp3) is 0.273. The van der Waals surface area contributed by atoms with E-state index in [9.17, 15) is 0 Å². The molecule has 28 heavy (non-hydrogen) atoms. The van der Waals surface area contributed by atoms with Crippen LogP contribution in [0, 0.1) is 0 Å². The normalized spacial score (nSPS) is 18.8. The molecule has 1 saturated heterocycles. The molecule has 1 aliphatic heterocycles. The minimum atomic E-state index is -0.136. The van der Waals surface area contributed by atoms with Gasteiger partial charge in [-0.25, -0.2) is 0 Å². The Balaban J connectivity index is 1.68. The Kier molecular flexibility index (Phi) is 5.80. The molecular weight excluding hydrogens is 354 g/mol. The molecule has 1 aromatic carbocycles. The van der Waals surface area contributed by atoms with Crippen molar-refractivity contribution < 1.29 is 14.2 Å². The lowest BCUT2D eigenvalue weighted by Gasteiger charge is -2.28. The highest BCUT2D eigenvalue weighted by Gasteiger charge is 2.31. The van der Waals surface area contributed by atoms with Gasteiger partial charge in [-0.15, -0.1) is 0 Å². The number of aromatic nitrogens is 2. The second-order valence-electron chi connectivity index (χ2n) is 6.59. The van der Waals surface area contributed by atoms with E-state index < -0.39 is 0 Å². The molecule has 6 nitrogen and oxygen atoms in total. The van der Waals surface area contributed by atoms with E-state index in [1.807, 2.05) is 48.7 Å². The number of hydrogen-bond donors (Lipinski definition) is 0. The number of hydrogen-bond acceptors (Lipinski definition) is 6. The van der Waals surface area contributed by atoms with Crippen molar-refractivity contribution in [1.29, 1.82) is 0 Å². The molecule has 0 amide bonds. The van der Waals surface area contributed by atoms with Gasteiger partial charge >= 0.3 is 0 Å². The Morgan fingerprint density at radius 3 is 2.57 bits per heavy atom. The lowest BCUT2D eigenvalue weighted by Crippen LogP contribution is -2.32. The average Bonchev–Trinajstić information content (AvgIpc) is 3.21. The van der Waals surface area contributed by atoms with Crippen molar-refractivity contribution >= 4 is 11.4 Å². The van der Waals surface area contributed by atoms with Crippen LogP contribution in [0.5, 0.6) is 5.75 Å². The first-order chi connectivity index (χ1) is 13.8. The van der Waals surface area contributed by atoms with E-state index in [0.29, 0.717) is 19.8 Å². The summed E-state index contributed by atoms with van der Waals surface area (Å²) in [7, 11) is 1.69. The van der Waals surface area contributed by atoms with Gasteiger partial charge in [0.15, 0.2) is 6.10 Å². The molecule has 1 aliphatic rings. The summed E-state index contributed by atoms with van der Waals surface area (Å²) < 4.78 is 17.4. The monoisotopic (exact) mass is 377 g/mol. The zero-order valence-corrected chi connectivity index (χ0v) is 15.8. The van der Waals surface area contributed by atoms with Gasteiger partial charge in [-0.1, -0.05) is 12.1 Å². The topological polar surface area (TPSA) is 56.7 Å². The molecule has 2 aromatic heterocycles. The van der Waals surface area contributed by atoms with Gasteiger partial charge in [0.2, 0.25) is 0 Å². The van der Waals surface area contributed by atoms with Gasteiger partial charge in [0.1, 0.15) is 11.9 Å². The molecule has 1 fully saturated rings. The summed E-state index contributed by atoms with van der Waals surface area (Å²) in [4.78, 5) is 10.6. The third-order valence-electron chi connectivity index (χ3n) is 4.76. The van der Waals surface area contributed by atoms with Crippen LogP contribution in [0.15, 0.2) is 73.3 Å². The summed E-state index contributed by atoms with van der Waals surface area (Å²) in [6, 6.07) is 16.0. The summed E-state index contributed by atoms with van der Waals surface area (Å²) in [5.41, 5.74) is 3.10. The van der Waals surface area contributed by atoms with Gasteiger partial charge in [0.25, 0.3) is 0 Å². The van der Waals surface area contributed by atoms with Crippen LogP contribution in [0.4, 0.5) is 11.4 Å². The van der Waals surface area contributed by atoms with E-state index >= 15 is 0 Å². The zero-order valence-electron chi connectivity index (χ0n) is 15.8. The number of nitrogens with zero attached hydrogens (tertiary/aromatic N) is 3. The molecule has 2 atom stereocenters. The van der Waals surface area contributed by atoms with Crippen molar-refractivity contribution in [3.8, 4) is 5.75 Å². The van der Waals surface area contributed by atoms with Crippen LogP contribution >= 0.6 is 0 Å². The second kappa shape index (κ2) is 8.82. The van der Waals surface area contributed by atoms with Crippen LogP contribution in [0.25, 0.3) is 0 Å². The Hall–Kier alpha value is -2.96. The summed E-state index contributed by atoms with van der Waals surface area (Å²) in [5, 5.41) is 0. The Morgan fingerprint density at radius 2 is 1.79 bits per heavy atom. The second-order valence-corrected chi connectivity index (χ2v) is 6.59. The molecule has 3 aromatic rings. The fourth-order valence-corrected chi connectivity index (χ4v) is 3.29. The van der Waals surface area contributed by atoms with Crippen molar-refractivity contribution in [2.45, 2.75) is 18.8 Å². The maximum atomic E-state index is 6.33. The van der Waals surface area contributed by atoms with E-state index in [2.05, 4.69) is 20.9 Å². The van der Waals surface area contributed by atoms with Crippen LogP contribution in [0.1, 0.15) is 5.56 Å². The smallest absolute Gasteiger partial charge is 0.150 e. The maximum Gasteiger partial charge on any atom is 0.150 e. The molecule has 4 rings (SSSR count). The van der Waals surface area contributed by atoms with Gasteiger partial charge < -0.3 is 19.1 Å². The molecule has 6 heteroatoms. The molecule has 0 N–H and O–H groups in total. The number of methoxy groups -OCH3 is 1. The van der Waals surface area contributed by atoms with Crippen molar-refractivity contribution in [2.24, 2.45) is 0 Å². The van der Waals surface area contributed by atoms with Crippen LogP contribution in [-0.2, 0) is 16.0 Å². The number of anilines is 2. The van der Waals surface area contributed by atoms with Crippen LogP contribution in [-0.4, -0.2) is 42.5 Å². The van der Waals surface area contributed by atoms with Crippen molar-refractivity contribution in [3.63, 3.8) is 0 Å². The third-order valence-corrected chi connectivity index (χ3v) is 4.76. The van der Waals surface area contributed by atoms with Gasteiger partial charge in [-0.2, -0.15) is 0 Å². The average molecular weight is 377 g/mol. The molecule has 0 aliphatic carbocycles. The molecule has 0 saturated carbocycles. The molecule has 0 bridgehead atoms. The molecule has 3 heterocycles. The Bertz CT molecular complexity index is 876. The highest BCUT2D eigenvalue weighted by Crippen LogP contribution is 2.36. The standard InChI is InChI=1S/C22H23N3O3/c1-26-21-15-27-16-22(21)28-20-7-3-2-6-19(20)25(18-5-4-10-24-13-18)14-17-8-11-23-12-9-17/h2-13,21-22H,14-16H2,1H3/t21?,22-/m1/s1. The van der Waals surface area contributed by atoms with E-state index in [1.165, 1.54) is 0 Å². The summed E-state index contributed by atoms with van der Waals surface area (Å²) >= 11 is 0. The van der Waals surface area contributed by atoms with Gasteiger partial charge in [0.05, 0.1) is 30.8 Å². The predicted molar refractivity (Wildman–Crippen MR) is 107 cm³/mol. The van der Waals surface area contributed by atoms with Crippen LogP contribution < -0.4 is 9.64 Å². The van der Waals surface area contributed by atoms with Gasteiger partial charge in [-0.05, 0) is 42.0 Å². The molecular formula is C22H23N3O3. The quantitative estimate of drug-likeness (QED) is 0.627. The number of pyridine rings is 2. The minimum Gasteiger partial charge on any atom is -0.483 e. The first kappa shape index (κ1) is 18.4. The number of rotatable bonds is 7. The highest BCUT2D eigenvalue weighted by molar-refractivity contribution is 5.68. The molecule has 1 unspecified atom stereocenters. The van der Waals surface area contributed by atoms with Gasteiger partial charge in [0, 0.05) is 32.2 Å². The summed E-state index contributed by atoms with van der Waals surface area (Å²) in [5.74, 6) is 0.790. The van der Waals surface area contributed by atoms with E-state index in [4.69, 9.17) is 14.2 Å². The van der Waals surface area contributed by atoms with E-state index in [1.54, 1.807) is 25.7 Å². The highest BCUT2D eigenvalue weighted by atomic mass is 16.6. The van der Waals surface area contributed by atoms with Gasteiger partial charge in [-0.3, -0.25) is 9.97 Å². The first-order valence-corrected chi connectivity index (χ1v) is 9.28. The number of ether oxygens (including phenoxy) is 3. The number of para-hydroxylation sites is 2. The number of benzene rings is 1. The Morgan fingerprint density at radius 1 is 0.964 bits per heavy atom. The van der Waals surface area contributed by atoms with Crippen LogP contribution in [0.3, 0.4) is 0 Å². The molecule has 0 radical (unpaired) electrons. The van der Waals surface area contributed by atoms with Crippen molar-refractivity contribution in [3.05, 3.63) is 78.9 Å². The summed E-state index contributed by atoms with van der Waals surface area (Å²) in [6.45, 7) is 1.74. The predicted octanol–water partition coefficient (Wildman–Crippen LogP) is 3.61. The lowest BCUT2D eigenvalue weighted by molar-refractivity contribution is 0.0328. The molecule has 0 spiro atoms. The lowest BCUT2D eigenvalue weighted by atomic mass is 10.2. The summed E-state index contributed by atoms with van der Waals surface area (Å²) in [6.07, 6.45) is 7.03. The van der Waals surface area contributed by atoms with E-state index in [0.717, 1.165) is 22.7 Å². The first-order valence-electron chi connectivity index (χ1n) is 9.28. The van der Waals surface area contributed by atoms with Crippen molar-refractivity contribution in [1.82, 2.24) is 9.97 Å². The Labute approximate surface area is 164 Å². The maximum absolute atomic E-state index is 6.33. The van der Waals surface area contributed by atoms with Crippen molar-refractivity contribution in [2.75, 3.05) is 25.2 Å². The molecule has 144 valence electrons. The fourth-order valence-electron chi connectivity index (χ4n) is 3.29. The zero-order chi connectivity index (χ0) is 19.2. The minimum absolute atomic E-state index is 0.0694. The third kappa shape index (κ3) is 4.13. The van der Waals surface area contributed by atoms with Crippen LogP contribution in [0.2, 0.25) is 0 Å². The SMILES string of the molecule is COC1COC[C@H]1Oc1ccccc1N(Cc1ccncc1)c1cccnc1. The largest absolute Gasteiger partial charge is 0.483 e. The van der Waals surface area contributed by atoms with E-state index in [-0.39, 0.29) is 12.2 Å².